The summed E-state index contributed by atoms with van der Waals surface area (Å²) in [6.45, 7) is 14.4. The van der Waals surface area contributed by atoms with Crippen molar-refractivity contribution in [2.45, 2.75) is 171 Å². The van der Waals surface area contributed by atoms with E-state index in [0.29, 0.717) is 129 Å². The van der Waals surface area contributed by atoms with Gasteiger partial charge in [0.25, 0.3) is 0 Å². The number of aliphatic imine (C=N–C) groups is 4. The molecule has 8 heterocycles. The molecule has 0 fully saturated rings. The minimum atomic E-state index is -4.99. The van der Waals surface area contributed by atoms with Gasteiger partial charge in [0.05, 0.1) is 93.7 Å². The normalized spacial score (nSPS) is 11.6. The molecule has 728 valence electrons. The summed E-state index contributed by atoms with van der Waals surface area (Å²) in [6, 6.07) is 41.2. The number of isocyanates is 2. The van der Waals surface area contributed by atoms with Crippen LogP contribution in [0.3, 0.4) is 0 Å². The summed E-state index contributed by atoms with van der Waals surface area (Å²) in [6.07, 6.45) is 13.4. The Morgan fingerprint density at radius 1 is 0.350 bits per heavy atom. The number of aromatic nitrogens is 12. The van der Waals surface area contributed by atoms with Crippen molar-refractivity contribution in [2.24, 2.45) is 20.0 Å². The van der Waals surface area contributed by atoms with Gasteiger partial charge in [-0.1, -0.05) is 126 Å². The number of nitrogens with two attached hydrogens (primary N) is 4. The van der Waals surface area contributed by atoms with Gasteiger partial charge in [0.2, 0.25) is 12.2 Å². The van der Waals surface area contributed by atoms with Gasteiger partial charge in [0.1, 0.15) is 79.9 Å². The monoisotopic (exact) mass is 2020 g/mol. The molecule has 0 unspecified atom stereocenters. The number of phosphoric acid groups is 4. The van der Waals surface area contributed by atoms with Crippen molar-refractivity contribution in [3.63, 3.8) is 0 Å². The second kappa shape index (κ2) is 45.4. The Hall–Kier alpha value is -13.8. The molecule has 140 heavy (non-hydrogen) atoms. The van der Waals surface area contributed by atoms with Gasteiger partial charge < -0.3 is 69.5 Å². The molecule has 0 aliphatic heterocycles. The Kier molecular flexibility index (Phi) is 33.6. The molecule has 8 aromatic carbocycles. The number of hydrogen-bond donors (Lipinski definition) is 14. The van der Waals surface area contributed by atoms with Crippen LogP contribution in [0, 0.1) is 13.8 Å². The number of imidazole rings is 4. The van der Waals surface area contributed by atoms with Crippen molar-refractivity contribution in [3.05, 3.63) is 225 Å². The average Bonchev–Trinajstić information content (AvgIpc) is 1.60. The molecule has 0 saturated heterocycles. The highest BCUT2D eigenvalue weighted by Crippen LogP contribution is 2.47. The van der Waals surface area contributed by atoms with Crippen LogP contribution >= 0.6 is 55.7 Å². The molecule has 0 bridgehead atoms. The van der Waals surface area contributed by atoms with Gasteiger partial charge in [0, 0.05) is 71.4 Å². The second-order valence-corrected chi connectivity index (χ2v) is 37.8. The Balaban J connectivity index is 0.000000158. The fourth-order valence-corrected chi connectivity index (χ4v) is 18.1. The number of nitrogens with zero attached hydrogens (tertiary/aromatic N) is 16. The number of thiocarbonyl (C=S) groups is 2. The Bertz CT molecular complexity index is 7850. The number of benzene rings is 8. The summed E-state index contributed by atoms with van der Waals surface area (Å²) in [5, 5.41) is 28.1. The first kappa shape index (κ1) is 104. The first-order valence-corrected chi connectivity index (χ1v) is 51.0. The number of pyridine rings is 4. The Morgan fingerprint density at radius 3 is 0.971 bits per heavy atom. The van der Waals surface area contributed by atoms with E-state index in [0.717, 1.165) is 165 Å². The van der Waals surface area contributed by atoms with E-state index < -0.39 is 31.3 Å². The summed E-state index contributed by atoms with van der Waals surface area (Å²) in [4.78, 5) is 148. The summed E-state index contributed by atoms with van der Waals surface area (Å²) < 4.78 is 73.2. The first-order valence-electron chi connectivity index (χ1n) is 44.1. The van der Waals surface area contributed by atoms with E-state index in [1.165, 1.54) is 36.4 Å². The fraction of sp³-hybridized carbons (Fsp3) is 0.277. The maximum absolute atomic E-state index is 11.7. The van der Waals surface area contributed by atoms with Crippen LogP contribution in [-0.2, 0) is 106 Å². The van der Waals surface area contributed by atoms with Crippen molar-refractivity contribution in [2.75, 3.05) is 22.9 Å². The smallest absolute Gasteiger partial charge is 0.508 e. The zero-order valence-electron chi connectivity index (χ0n) is 76.6. The molecule has 40 nitrogen and oxygen atoms in total. The number of carbonyl (C=O) groups excluding carboxylic acids is 2. The molecule has 0 spiro atoms. The van der Waals surface area contributed by atoms with E-state index in [-0.39, 0.29) is 72.1 Å². The van der Waals surface area contributed by atoms with Crippen LogP contribution in [0.25, 0.3) is 87.7 Å². The van der Waals surface area contributed by atoms with Gasteiger partial charge >= 0.3 is 31.3 Å². The largest absolute Gasteiger partial charge is 0.524 e. The number of aryl methyl sites for hydroxylation is 6. The van der Waals surface area contributed by atoms with Gasteiger partial charge in [-0.25, -0.2) is 87.7 Å². The van der Waals surface area contributed by atoms with Crippen LogP contribution in [0.15, 0.2) is 166 Å². The third kappa shape index (κ3) is 25.8. The van der Waals surface area contributed by atoms with E-state index in [2.05, 4.69) is 115 Å². The number of anilines is 4. The lowest BCUT2D eigenvalue weighted by atomic mass is 10.1. The summed E-state index contributed by atoms with van der Waals surface area (Å²) in [5.41, 5.74) is 40.8. The minimum absolute atomic E-state index is 0.0558. The van der Waals surface area contributed by atoms with Crippen LogP contribution in [0.5, 0.6) is 34.5 Å². The maximum atomic E-state index is 11.7. The lowest BCUT2D eigenvalue weighted by Gasteiger charge is -2.17. The first-order chi connectivity index (χ1) is 66.8. The van der Waals surface area contributed by atoms with Gasteiger partial charge in [-0.05, 0) is 181 Å². The number of phenols is 2. The molecule has 46 heteroatoms. The van der Waals surface area contributed by atoms with Crippen LogP contribution in [0.4, 0.5) is 23.3 Å². The van der Waals surface area contributed by atoms with Crippen LogP contribution < -0.4 is 41.0 Å². The molecular formula is C94H100N20O20P4S2. The molecule has 16 aromatic rings. The maximum Gasteiger partial charge on any atom is 0.524 e. The predicted octanol–water partition coefficient (Wildman–Crippen LogP) is 17.0. The van der Waals surface area contributed by atoms with E-state index in [1.807, 2.05) is 79.1 Å². The highest BCUT2D eigenvalue weighted by atomic mass is 32.1. The van der Waals surface area contributed by atoms with Crippen molar-refractivity contribution >= 4 is 189 Å². The molecule has 8 aromatic heterocycles. The van der Waals surface area contributed by atoms with E-state index >= 15 is 0 Å². The van der Waals surface area contributed by atoms with Gasteiger partial charge in [-0.15, -0.1) is 0 Å². The highest BCUT2D eigenvalue weighted by molar-refractivity contribution is 7.78. The standard InChI is InChI=1S/C24H26N5O4PS.C24H25N5OS.C23H25N5O9P2.C23H24N5O6P/c1-3-4-5-21-28-22-23(18-8-6-16(12-26-14-35)11-19(18)27-24(22)25)29(21)13-17-7-9-20(15(2)10-17)33-34(30,31)32;1-3-4-5-21-28-22-23(29(21)13-17-7-9-20(30)15(2)10-17)18-8-6-16(12-26-14-31)11-19(18)27-24(22)25;1-2-3-4-20-27-21-22(17-7-5-14(11-25-13-29)9-18(17)26-23(21)24)28(20)12-15-10-16(36-38(30,31)32)6-8-19(15)37-39(33,34)35;1-2-3-4-20-27-21-22(17-7-5-14(11-25-13-29)9-18(17)26-23(21)24)28(20)12-15-10-16(30)6-8-19(15)34-35(31,32)33/h6-11H,3-5,12-13H2,1-2H3,(H2,25,27)(H2,30,31,32);6-11,30H,3-5,12-13H2,1-2H3,(H2,25,27);5-10H,2-4,11-12H2,1H3,(H2,24,26)(H2,30,31,32)(H2,33,34,35);5-10,30H,2-4,11-12H2,1H3,(H2,24,26)(H2,31,32,33). The molecule has 0 aliphatic rings. The van der Waals surface area contributed by atoms with E-state index in [9.17, 15) is 67.4 Å². The van der Waals surface area contributed by atoms with Crippen molar-refractivity contribution in [1.82, 2.24) is 58.1 Å². The third-order valence-corrected chi connectivity index (χ3v) is 24.5. The molecule has 18 N–H and O–H groups in total. The second-order valence-electron chi connectivity index (χ2n) is 32.8. The summed E-state index contributed by atoms with van der Waals surface area (Å²) in [7, 11) is -19.4. The Morgan fingerprint density at radius 2 is 0.650 bits per heavy atom. The molecule has 0 aliphatic carbocycles. The summed E-state index contributed by atoms with van der Waals surface area (Å²) in [5.74, 6) is 4.24. The Labute approximate surface area is 810 Å². The lowest BCUT2D eigenvalue weighted by Crippen LogP contribution is -2.08. The van der Waals surface area contributed by atoms with Crippen molar-refractivity contribution in [1.29, 1.82) is 0 Å². The average molecular weight is 2020 g/mol. The molecule has 16 rings (SSSR count). The van der Waals surface area contributed by atoms with Crippen molar-refractivity contribution in [3.8, 4) is 34.5 Å². The number of isothiocyanates is 2. The minimum Gasteiger partial charge on any atom is -0.508 e. The predicted molar refractivity (Wildman–Crippen MR) is 539 cm³/mol. The van der Waals surface area contributed by atoms with Crippen molar-refractivity contribution < 1.29 is 95.3 Å². The molecule has 0 atom stereocenters. The third-order valence-electron chi connectivity index (χ3n) is 22.5. The number of phenolic OH excluding ortho intramolecular Hbond substituents is 2. The quantitative estimate of drug-likeness (QED) is 0.00750. The number of aromatic hydroxyl groups is 2. The highest BCUT2D eigenvalue weighted by Gasteiger charge is 2.29. The number of hydrogen-bond acceptors (Lipinski definition) is 30. The SMILES string of the molecule is CCCCc1nc2c(N)nc3cc(CN=C=O)ccc3c2n1Cc1cc(O)ccc1OP(=O)(O)O.CCCCc1nc2c(N)nc3cc(CN=C=O)ccc3c2n1Cc1cc(OP(=O)(O)O)ccc1OP(=O)(O)O.CCCCc1nc2c(N)nc3cc(CN=C=S)ccc3c2n1Cc1ccc(O)c(C)c1.CCCCc1nc2c(N)nc3cc(CN=C=S)ccc3c2n1Cc1ccc(OP(=O)(O)O)c(C)c1. The summed E-state index contributed by atoms with van der Waals surface area (Å²) >= 11 is 9.37. The number of phosphoric ester groups is 4. The van der Waals surface area contributed by atoms with E-state index in [4.69, 9.17) is 66.2 Å². The zero-order valence-corrected chi connectivity index (χ0v) is 81.8. The lowest BCUT2D eigenvalue weighted by molar-refractivity contribution is 0.277. The van der Waals surface area contributed by atoms with Crippen LogP contribution in [0.1, 0.15) is 158 Å². The topological polar surface area (TPSA) is 618 Å². The number of fused-ring (bicyclic) bond motifs is 12. The molecular weight excluding hydrogens is 1920 g/mol. The van der Waals surface area contributed by atoms with Gasteiger partial charge in [-0.3, -0.25) is 39.1 Å². The number of unbranched alkanes of at least 4 members (excludes halogenated alkanes) is 4. The number of nitrogen functional groups attached to an aromatic ring is 4. The fourth-order valence-electron chi connectivity index (χ4n) is 16.2. The van der Waals surface area contributed by atoms with Crippen LogP contribution in [0.2, 0.25) is 0 Å². The van der Waals surface area contributed by atoms with Gasteiger partial charge in [-0.2, -0.15) is 0 Å². The van der Waals surface area contributed by atoms with E-state index in [1.54, 1.807) is 54.0 Å². The number of rotatable bonds is 36. The zero-order chi connectivity index (χ0) is 101. The van der Waals surface area contributed by atoms with Gasteiger partial charge in [0.15, 0.2) is 23.3 Å². The van der Waals surface area contributed by atoms with Crippen LogP contribution in [-0.4, -0.2) is 130 Å². The molecule has 0 amide bonds. The molecule has 0 radical (unpaired) electrons. The molecule has 0 saturated carbocycles.